The summed E-state index contributed by atoms with van der Waals surface area (Å²) in [4.78, 5) is 26.5. The predicted octanol–water partition coefficient (Wildman–Crippen LogP) is 5.29. The molecule has 2 aromatic carbocycles. The van der Waals surface area contributed by atoms with Crippen LogP contribution in [0.25, 0.3) is 16.9 Å². The molecule has 4 aromatic rings. The molecule has 1 aliphatic rings. The van der Waals surface area contributed by atoms with Gasteiger partial charge in [-0.15, -0.1) is 0 Å². The van der Waals surface area contributed by atoms with E-state index in [1.807, 2.05) is 48.4 Å². The first kappa shape index (κ1) is 23.3. The molecule has 3 heterocycles. The van der Waals surface area contributed by atoms with Gasteiger partial charge < -0.3 is 10.2 Å². The SMILES string of the molecule is CCc1ccc(-n2c(CN3CCN(C(=O)Nc4ccc(C)cc4Cl)CC3)nc3cccnc32)cc1. The summed E-state index contributed by atoms with van der Waals surface area (Å²) in [6, 6.07) is 18.0. The summed E-state index contributed by atoms with van der Waals surface area (Å²) < 4.78 is 2.15. The van der Waals surface area contributed by atoms with E-state index in [0.717, 1.165) is 47.7 Å². The second-order valence-electron chi connectivity index (χ2n) is 8.91. The molecule has 2 aromatic heterocycles. The third-order valence-corrected chi connectivity index (χ3v) is 6.79. The number of anilines is 1. The summed E-state index contributed by atoms with van der Waals surface area (Å²) in [6.07, 6.45) is 2.81. The zero-order valence-electron chi connectivity index (χ0n) is 20.0. The quantitative estimate of drug-likeness (QED) is 0.414. The number of nitrogens with one attached hydrogen (secondary N) is 1. The lowest BCUT2D eigenvalue weighted by Crippen LogP contribution is -2.49. The first-order chi connectivity index (χ1) is 17.0. The smallest absolute Gasteiger partial charge is 0.321 e. The van der Waals surface area contributed by atoms with Crippen molar-refractivity contribution < 1.29 is 4.79 Å². The van der Waals surface area contributed by atoms with Crippen molar-refractivity contribution in [3.05, 3.63) is 82.8 Å². The fourth-order valence-corrected chi connectivity index (χ4v) is 4.72. The van der Waals surface area contributed by atoms with Gasteiger partial charge in [0, 0.05) is 38.1 Å². The van der Waals surface area contributed by atoms with E-state index in [-0.39, 0.29) is 6.03 Å². The van der Waals surface area contributed by atoms with Crippen LogP contribution in [0.4, 0.5) is 10.5 Å². The molecule has 0 atom stereocenters. The maximum Gasteiger partial charge on any atom is 0.321 e. The number of piperazine rings is 1. The van der Waals surface area contributed by atoms with E-state index in [1.165, 1.54) is 5.56 Å². The Bertz CT molecular complexity index is 1340. The number of urea groups is 1. The standard InChI is InChI=1S/C27H29ClN6O/c1-3-20-7-9-21(10-8-20)34-25(30-24-5-4-12-29-26(24)34)18-32-13-15-33(16-14-32)27(35)31-23-11-6-19(2)17-22(23)28/h4-12,17H,3,13-16,18H2,1-2H3,(H,31,35). The number of carbonyl (C=O) groups is 1. The predicted molar refractivity (Wildman–Crippen MR) is 140 cm³/mol. The second-order valence-corrected chi connectivity index (χ2v) is 9.31. The van der Waals surface area contributed by atoms with Crippen LogP contribution in [-0.4, -0.2) is 56.5 Å². The van der Waals surface area contributed by atoms with Crippen LogP contribution in [0, 0.1) is 6.92 Å². The maximum atomic E-state index is 12.8. The largest absolute Gasteiger partial charge is 0.322 e. The highest BCUT2D eigenvalue weighted by atomic mass is 35.5. The molecule has 0 unspecified atom stereocenters. The molecule has 2 amide bonds. The van der Waals surface area contributed by atoms with Gasteiger partial charge in [0.25, 0.3) is 0 Å². The topological polar surface area (TPSA) is 66.3 Å². The van der Waals surface area contributed by atoms with Crippen molar-refractivity contribution in [1.82, 2.24) is 24.3 Å². The molecule has 0 saturated carbocycles. The molecule has 8 heteroatoms. The highest BCUT2D eigenvalue weighted by molar-refractivity contribution is 6.33. The number of benzene rings is 2. The normalized spacial score (nSPS) is 14.4. The van der Waals surface area contributed by atoms with Crippen LogP contribution < -0.4 is 5.32 Å². The number of hydrogen-bond acceptors (Lipinski definition) is 4. The molecule has 0 spiro atoms. The van der Waals surface area contributed by atoms with Crippen LogP contribution in [0.1, 0.15) is 23.9 Å². The highest BCUT2D eigenvalue weighted by Crippen LogP contribution is 2.24. The van der Waals surface area contributed by atoms with Crippen molar-refractivity contribution in [2.45, 2.75) is 26.8 Å². The van der Waals surface area contributed by atoms with Crippen LogP contribution in [-0.2, 0) is 13.0 Å². The Balaban J connectivity index is 1.29. The number of nitrogens with zero attached hydrogens (tertiary/aromatic N) is 5. The Morgan fingerprint density at radius 1 is 1.06 bits per heavy atom. The molecule has 35 heavy (non-hydrogen) atoms. The van der Waals surface area contributed by atoms with Gasteiger partial charge in [-0.25, -0.2) is 14.8 Å². The van der Waals surface area contributed by atoms with Crippen molar-refractivity contribution in [2.75, 3.05) is 31.5 Å². The number of halogens is 1. The van der Waals surface area contributed by atoms with E-state index >= 15 is 0 Å². The van der Waals surface area contributed by atoms with Gasteiger partial charge >= 0.3 is 6.03 Å². The van der Waals surface area contributed by atoms with Crippen molar-refractivity contribution in [1.29, 1.82) is 0 Å². The minimum absolute atomic E-state index is 0.122. The molecular weight excluding hydrogens is 460 g/mol. The van der Waals surface area contributed by atoms with Gasteiger partial charge in [-0.2, -0.15) is 0 Å². The van der Waals surface area contributed by atoms with Gasteiger partial charge in [0.05, 0.1) is 17.3 Å². The molecule has 180 valence electrons. The Morgan fingerprint density at radius 2 is 1.83 bits per heavy atom. The molecule has 7 nitrogen and oxygen atoms in total. The monoisotopic (exact) mass is 488 g/mol. The minimum atomic E-state index is -0.122. The summed E-state index contributed by atoms with van der Waals surface area (Å²) in [5.74, 6) is 0.951. The lowest BCUT2D eigenvalue weighted by atomic mass is 10.1. The summed E-state index contributed by atoms with van der Waals surface area (Å²) in [7, 11) is 0. The van der Waals surface area contributed by atoms with Gasteiger partial charge in [0.2, 0.25) is 0 Å². The summed E-state index contributed by atoms with van der Waals surface area (Å²) >= 11 is 6.29. The van der Waals surface area contributed by atoms with E-state index in [9.17, 15) is 4.79 Å². The zero-order chi connectivity index (χ0) is 24.4. The summed E-state index contributed by atoms with van der Waals surface area (Å²) in [5, 5.41) is 3.49. The third kappa shape index (κ3) is 5.01. The Hall–Kier alpha value is -3.42. The number of imidazole rings is 1. The molecule has 1 fully saturated rings. The van der Waals surface area contributed by atoms with Gasteiger partial charge in [-0.05, 0) is 60.9 Å². The van der Waals surface area contributed by atoms with Crippen molar-refractivity contribution in [3.63, 3.8) is 0 Å². The summed E-state index contributed by atoms with van der Waals surface area (Å²) in [6.45, 7) is 7.62. The number of fused-ring (bicyclic) bond motifs is 1. The van der Waals surface area contributed by atoms with E-state index in [1.54, 1.807) is 0 Å². The van der Waals surface area contributed by atoms with E-state index < -0.39 is 0 Å². The van der Waals surface area contributed by atoms with Crippen LogP contribution >= 0.6 is 11.6 Å². The minimum Gasteiger partial charge on any atom is -0.322 e. The van der Waals surface area contributed by atoms with Crippen molar-refractivity contribution >= 4 is 34.5 Å². The first-order valence-corrected chi connectivity index (χ1v) is 12.4. The second kappa shape index (κ2) is 10.1. The number of rotatable bonds is 5. The Labute approximate surface area is 210 Å². The number of aryl methyl sites for hydroxylation is 2. The van der Waals surface area contributed by atoms with Gasteiger partial charge in [-0.3, -0.25) is 9.47 Å². The van der Waals surface area contributed by atoms with Crippen molar-refractivity contribution in [2.24, 2.45) is 0 Å². The van der Waals surface area contributed by atoms with Gasteiger partial charge in [-0.1, -0.05) is 36.7 Å². The lowest BCUT2D eigenvalue weighted by molar-refractivity contribution is 0.140. The van der Waals surface area contributed by atoms with E-state index in [4.69, 9.17) is 16.6 Å². The van der Waals surface area contributed by atoms with Gasteiger partial charge in [0.1, 0.15) is 11.3 Å². The van der Waals surface area contributed by atoms with Crippen LogP contribution in [0.2, 0.25) is 5.02 Å². The molecule has 1 saturated heterocycles. The number of hydrogen-bond donors (Lipinski definition) is 1. The Morgan fingerprint density at radius 3 is 2.54 bits per heavy atom. The highest BCUT2D eigenvalue weighted by Gasteiger charge is 2.24. The van der Waals surface area contributed by atoms with Crippen LogP contribution in [0.15, 0.2) is 60.8 Å². The van der Waals surface area contributed by atoms with Gasteiger partial charge in [0.15, 0.2) is 5.65 Å². The number of aromatic nitrogens is 3. The number of carbonyl (C=O) groups excluding carboxylic acids is 1. The maximum absolute atomic E-state index is 12.8. The summed E-state index contributed by atoms with van der Waals surface area (Å²) in [5.41, 5.74) is 5.80. The molecule has 0 aliphatic carbocycles. The molecule has 0 radical (unpaired) electrons. The lowest BCUT2D eigenvalue weighted by Gasteiger charge is -2.34. The first-order valence-electron chi connectivity index (χ1n) is 12.0. The molecule has 0 bridgehead atoms. The van der Waals surface area contributed by atoms with Crippen molar-refractivity contribution in [3.8, 4) is 5.69 Å². The van der Waals surface area contributed by atoms with E-state index in [0.29, 0.717) is 30.3 Å². The fourth-order valence-electron chi connectivity index (χ4n) is 4.44. The third-order valence-electron chi connectivity index (χ3n) is 6.48. The number of amides is 2. The van der Waals surface area contributed by atoms with Crippen LogP contribution in [0.5, 0.6) is 0 Å². The molecule has 5 rings (SSSR count). The average Bonchev–Trinajstić information content (AvgIpc) is 3.24. The number of pyridine rings is 1. The zero-order valence-corrected chi connectivity index (χ0v) is 20.8. The van der Waals surface area contributed by atoms with Crippen LogP contribution in [0.3, 0.4) is 0 Å². The van der Waals surface area contributed by atoms with E-state index in [2.05, 4.69) is 51.0 Å². The fraction of sp³-hybridized carbons (Fsp3) is 0.296. The molecule has 1 aliphatic heterocycles. The molecule has 1 N–H and O–H groups in total. The molecular formula is C27H29ClN6O. The Kier molecular flexibility index (Phi) is 6.70. The average molecular weight is 489 g/mol.